The maximum Gasteiger partial charge on any atom is 0.0685 e. The summed E-state index contributed by atoms with van der Waals surface area (Å²) < 4.78 is 6.25. The number of ether oxygens (including phenoxy) is 1. The molecule has 0 bridgehead atoms. The zero-order valence-corrected chi connectivity index (χ0v) is 13.9. The van der Waals surface area contributed by atoms with Gasteiger partial charge in [0.1, 0.15) is 0 Å². The second kappa shape index (κ2) is 7.79. The highest BCUT2D eigenvalue weighted by atomic mass is 16.5. The SMILES string of the molecule is CCCNCC(C)C(C)C1CCOC2(CCCCC2)C1. The van der Waals surface area contributed by atoms with Crippen LogP contribution in [0.15, 0.2) is 0 Å². The van der Waals surface area contributed by atoms with Crippen LogP contribution in [0.1, 0.15) is 72.1 Å². The van der Waals surface area contributed by atoms with Crippen molar-refractivity contribution in [2.24, 2.45) is 17.8 Å². The second-order valence-corrected chi connectivity index (χ2v) is 7.39. The number of hydrogen-bond acceptors (Lipinski definition) is 2. The zero-order valence-electron chi connectivity index (χ0n) is 13.9. The maximum atomic E-state index is 6.25. The Morgan fingerprint density at radius 3 is 2.65 bits per heavy atom. The highest BCUT2D eigenvalue weighted by Gasteiger charge is 2.40. The van der Waals surface area contributed by atoms with E-state index >= 15 is 0 Å². The molecule has 1 spiro atoms. The van der Waals surface area contributed by atoms with Crippen LogP contribution in [0.5, 0.6) is 0 Å². The molecule has 2 heteroatoms. The van der Waals surface area contributed by atoms with E-state index in [0.29, 0.717) is 0 Å². The van der Waals surface area contributed by atoms with Gasteiger partial charge in [-0.3, -0.25) is 0 Å². The highest BCUT2D eigenvalue weighted by Crippen LogP contribution is 2.43. The number of nitrogens with one attached hydrogen (secondary N) is 1. The number of hydrogen-bond donors (Lipinski definition) is 1. The van der Waals surface area contributed by atoms with E-state index < -0.39 is 0 Å². The first-order valence-corrected chi connectivity index (χ1v) is 9.01. The summed E-state index contributed by atoms with van der Waals surface area (Å²) in [5.41, 5.74) is 0.270. The fourth-order valence-corrected chi connectivity index (χ4v) is 4.22. The Morgan fingerprint density at radius 2 is 1.95 bits per heavy atom. The lowest BCUT2D eigenvalue weighted by atomic mass is 9.70. The Kier molecular flexibility index (Phi) is 6.35. The van der Waals surface area contributed by atoms with Crippen molar-refractivity contribution in [1.29, 1.82) is 0 Å². The van der Waals surface area contributed by atoms with Crippen molar-refractivity contribution in [2.75, 3.05) is 19.7 Å². The van der Waals surface area contributed by atoms with Gasteiger partial charge in [0.25, 0.3) is 0 Å². The van der Waals surface area contributed by atoms with Gasteiger partial charge in [0, 0.05) is 6.61 Å². The largest absolute Gasteiger partial charge is 0.375 e. The Bertz CT molecular complexity index is 267. The second-order valence-electron chi connectivity index (χ2n) is 7.39. The molecule has 0 amide bonds. The van der Waals surface area contributed by atoms with E-state index in [2.05, 4.69) is 26.1 Å². The minimum Gasteiger partial charge on any atom is -0.375 e. The molecule has 1 heterocycles. The van der Waals surface area contributed by atoms with Gasteiger partial charge in [0.2, 0.25) is 0 Å². The molecule has 0 aromatic heterocycles. The first-order valence-electron chi connectivity index (χ1n) is 9.01. The van der Waals surface area contributed by atoms with Crippen LogP contribution in [0.3, 0.4) is 0 Å². The van der Waals surface area contributed by atoms with E-state index in [1.165, 1.54) is 57.9 Å². The maximum absolute atomic E-state index is 6.25. The van der Waals surface area contributed by atoms with Crippen molar-refractivity contribution in [3.05, 3.63) is 0 Å². The third kappa shape index (κ3) is 4.21. The third-order valence-electron chi connectivity index (χ3n) is 5.83. The first kappa shape index (κ1) is 16.3. The average Bonchev–Trinajstić information content (AvgIpc) is 2.47. The van der Waals surface area contributed by atoms with Gasteiger partial charge in [0.05, 0.1) is 5.60 Å². The van der Waals surface area contributed by atoms with E-state index in [1.807, 2.05) is 0 Å². The molecule has 2 fully saturated rings. The summed E-state index contributed by atoms with van der Waals surface area (Å²) in [6.07, 6.45) is 10.7. The van der Waals surface area contributed by atoms with E-state index in [-0.39, 0.29) is 5.60 Å². The molecule has 2 nitrogen and oxygen atoms in total. The minimum absolute atomic E-state index is 0.270. The van der Waals surface area contributed by atoms with E-state index in [1.54, 1.807) is 0 Å². The van der Waals surface area contributed by atoms with Crippen LogP contribution >= 0.6 is 0 Å². The van der Waals surface area contributed by atoms with Crippen LogP contribution in [0, 0.1) is 17.8 Å². The van der Waals surface area contributed by atoms with Crippen molar-refractivity contribution in [3.63, 3.8) is 0 Å². The summed E-state index contributed by atoms with van der Waals surface area (Å²) in [5.74, 6) is 2.48. The third-order valence-corrected chi connectivity index (χ3v) is 5.83. The lowest BCUT2D eigenvalue weighted by Crippen LogP contribution is -2.44. The smallest absolute Gasteiger partial charge is 0.0685 e. The van der Waals surface area contributed by atoms with Gasteiger partial charge in [-0.05, 0) is 62.9 Å². The fraction of sp³-hybridized carbons (Fsp3) is 1.00. The van der Waals surface area contributed by atoms with Gasteiger partial charge >= 0.3 is 0 Å². The van der Waals surface area contributed by atoms with Crippen molar-refractivity contribution >= 4 is 0 Å². The molecular weight excluding hydrogens is 246 g/mol. The normalized spacial score (nSPS) is 29.2. The topological polar surface area (TPSA) is 21.3 Å². The van der Waals surface area contributed by atoms with Gasteiger partial charge in [0.15, 0.2) is 0 Å². The average molecular weight is 281 g/mol. The molecule has 2 aliphatic rings. The summed E-state index contributed by atoms with van der Waals surface area (Å²) in [4.78, 5) is 0. The molecule has 0 aromatic carbocycles. The van der Waals surface area contributed by atoms with Gasteiger partial charge in [-0.15, -0.1) is 0 Å². The molecule has 1 N–H and O–H groups in total. The fourth-order valence-electron chi connectivity index (χ4n) is 4.22. The molecule has 1 aliphatic carbocycles. The highest BCUT2D eigenvalue weighted by molar-refractivity contribution is 4.91. The predicted molar refractivity (Wildman–Crippen MR) is 86.0 cm³/mol. The van der Waals surface area contributed by atoms with Gasteiger partial charge in [-0.1, -0.05) is 40.0 Å². The Hall–Kier alpha value is -0.0800. The monoisotopic (exact) mass is 281 g/mol. The summed E-state index contributed by atoms with van der Waals surface area (Å²) in [5, 5.41) is 3.59. The molecule has 1 aliphatic heterocycles. The molecule has 2 rings (SSSR count). The van der Waals surface area contributed by atoms with Crippen LogP contribution in [-0.4, -0.2) is 25.3 Å². The first-order chi connectivity index (χ1) is 9.67. The molecule has 3 atom stereocenters. The molecule has 0 aromatic rings. The van der Waals surface area contributed by atoms with Crippen LogP contribution in [-0.2, 0) is 4.74 Å². The molecule has 0 radical (unpaired) electrons. The van der Waals surface area contributed by atoms with Crippen molar-refractivity contribution in [3.8, 4) is 0 Å². The van der Waals surface area contributed by atoms with Gasteiger partial charge < -0.3 is 10.1 Å². The standard InChI is InChI=1S/C18H35NO/c1-4-11-19-14-15(2)16(3)17-8-12-20-18(13-17)9-6-5-7-10-18/h15-17,19H,4-14H2,1-3H3. The summed E-state index contributed by atoms with van der Waals surface area (Å²) in [6.45, 7) is 10.5. The van der Waals surface area contributed by atoms with E-state index in [9.17, 15) is 0 Å². The van der Waals surface area contributed by atoms with Crippen LogP contribution in [0.2, 0.25) is 0 Å². The van der Waals surface area contributed by atoms with Gasteiger partial charge in [-0.2, -0.15) is 0 Å². The summed E-state index contributed by atoms with van der Waals surface area (Å²) >= 11 is 0. The molecular formula is C18H35NO. The molecule has 20 heavy (non-hydrogen) atoms. The van der Waals surface area contributed by atoms with Crippen LogP contribution < -0.4 is 5.32 Å². The lowest BCUT2D eigenvalue weighted by Gasteiger charge is -2.46. The Morgan fingerprint density at radius 1 is 1.20 bits per heavy atom. The van der Waals surface area contributed by atoms with E-state index in [0.717, 1.165) is 30.9 Å². The van der Waals surface area contributed by atoms with E-state index in [4.69, 9.17) is 4.74 Å². The predicted octanol–water partition coefficient (Wildman–Crippen LogP) is 4.39. The molecule has 3 unspecified atom stereocenters. The molecule has 118 valence electrons. The lowest BCUT2D eigenvalue weighted by molar-refractivity contribution is -0.126. The Labute approximate surface area is 126 Å². The number of rotatable bonds is 6. The van der Waals surface area contributed by atoms with Crippen LogP contribution in [0.25, 0.3) is 0 Å². The zero-order chi connectivity index (χ0) is 14.4. The quantitative estimate of drug-likeness (QED) is 0.729. The van der Waals surface area contributed by atoms with Crippen molar-refractivity contribution in [2.45, 2.75) is 77.7 Å². The minimum atomic E-state index is 0.270. The van der Waals surface area contributed by atoms with Crippen LogP contribution in [0.4, 0.5) is 0 Å². The molecule has 1 saturated heterocycles. The molecule has 1 saturated carbocycles. The Balaban J connectivity index is 1.84. The van der Waals surface area contributed by atoms with Crippen molar-refractivity contribution < 1.29 is 4.74 Å². The van der Waals surface area contributed by atoms with Crippen molar-refractivity contribution in [1.82, 2.24) is 5.32 Å². The summed E-state index contributed by atoms with van der Waals surface area (Å²) in [6, 6.07) is 0. The van der Waals surface area contributed by atoms with Gasteiger partial charge in [-0.25, -0.2) is 0 Å². The summed E-state index contributed by atoms with van der Waals surface area (Å²) in [7, 11) is 0.